The van der Waals surface area contributed by atoms with Gasteiger partial charge in [-0.05, 0) is 27.5 Å². The first-order chi connectivity index (χ1) is 10.8. The van der Waals surface area contributed by atoms with Crippen molar-refractivity contribution in [2.45, 2.75) is 32.3 Å². The molecule has 0 unspecified atom stereocenters. The summed E-state index contributed by atoms with van der Waals surface area (Å²) in [6.45, 7) is 6.58. The molecule has 0 radical (unpaired) electrons. The minimum Gasteiger partial charge on any atom is -0.483 e. The standard InChI is InChI=1S/C15H19FN4O3/c1-15(2,3)10-5-12(20-14(21)19(4)17-18-20)13(6-11(10)16)23-9-7-22-8-9/h5-6,9H,7-8H2,1-4H3. The third kappa shape index (κ3) is 2.86. The number of aromatic nitrogens is 4. The molecule has 2 aromatic rings. The first kappa shape index (κ1) is 15.7. The summed E-state index contributed by atoms with van der Waals surface area (Å²) in [5, 5.41) is 7.54. The predicted octanol–water partition coefficient (Wildman–Crippen LogP) is 1.18. The molecule has 1 aliphatic rings. The summed E-state index contributed by atoms with van der Waals surface area (Å²) in [6, 6.07) is 2.90. The van der Waals surface area contributed by atoms with E-state index in [2.05, 4.69) is 10.4 Å². The Labute approximate surface area is 132 Å². The van der Waals surface area contributed by atoms with E-state index in [4.69, 9.17) is 9.47 Å². The van der Waals surface area contributed by atoms with Crippen LogP contribution >= 0.6 is 0 Å². The van der Waals surface area contributed by atoms with E-state index in [0.29, 0.717) is 24.5 Å². The zero-order valence-corrected chi connectivity index (χ0v) is 13.5. The van der Waals surface area contributed by atoms with Gasteiger partial charge in [0.2, 0.25) is 0 Å². The molecule has 0 atom stereocenters. The summed E-state index contributed by atoms with van der Waals surface area (Å²) in [4.78, 5) is 12.2. The highest BCUT2D eigenvalue weighted by molar-refractivity contribution is 5.50. The van der Waals surface area contributed by atoms with E-state index in [1.54, 1.807) is 6.07 Å². The van der Waals surface area contributed by atoms with Gasteiger partial charge in [-0.3, -0.25) is 0 Å². The Morgan fingerprint density at radius 2 is 2.00 bits per heavy atom. The molecule has 1 fully saturated rings. The number of ether oxygens (including phenoxy) is 2. The van der Waals surface area contributed by atoms with Crippen molar-refractivity contribution in [3.05, 3.63) is 34.0 Å². The summed E-state index contributed by atoms with van der Waals surface area (Å²) in [5.41, 5.74) is -0.00211. The van der Waals surface area contributed by atoms with Crippen LogP contribution in [0, 0.1) is 5.82 Å². The van der Waals surface area contributed by atoms with Crippen LogP contribution in [-0.2, 0) is 17.2 Å². The zero-order valence-electron chi connectivity index (χ0n) is 13.5. The molecule has 23 heavy (non-hydrogen) atoms. The lowest BCUT2D eigenvalue weighted by Gasteiger charge is -2.28. The van der Waals surface area contributed by atoms with Gasteiger partial charge in [0.05, 0.1) is 13.2 Å². The second kappa shape index (κ2) is 5.45. The van der Waals surface area contributed by atoms with Gasteiger partial charge in [-0.1, -0.05) is 20.8 Å². The third-order valence-electron chi connectivity index (χ3n) is 3.71. The van der Waals surface area contributed by atoms with Gasteiger partial charge in [0.1, 0.15) is 23.4 Å². The maximum absolute atomic E-state index is 14.5. The summed E-state index contributed by atoms with van der Waals surface area (Å²) >= 11 is 0. The minimum absolute atomic E-state index is 0.152. The number of aryl methyl sites for hydroxylation is 1. The topological polar surface area (TPSA) is 71.2 Å². The fourth-order valence-electron chi connectivity index (χ4n) is 2.30. The highest BCUT2D eigenvalue weighted by Crippen LogP contribution is 2.33. The van der Waals surface area contributed by atoms with Crippen molar-refractivity contribution in [1.29, 1.82) is 0 Å². The van der Waals surface area contributed by atoms with Crippen LogP contribution in [0.1, 0.15) is 26.3 Å². The smallest absolute Gasteiger partial charge is 0.368 e. The first-order valence-corrected chi connectivity index (χ1v) is 7.35. The monoisotopic (exact) mass is 322 g/mol. The maximum atomic E-state index is 14.5. The van der Waals surface area contributed by atoms with Crippen molar-refractivity contribution < 1.29 is 13.9 Å². The molecule has 0 N–H and O–H groups in total. The normalized spacial score (nSPS) is 15.5. The van der Waals surface area contributed by atoms with Crippen molar-refractivity contribution in [1.82, 2.24) is 19.8 Å². The second-order valence-corrected chi connectivity index (χ2v) is 6.62. The van der Waals surface area contributed by atoms with Gasteiger partial charge in [-0.25, -0.2) is 9.18 Å². The van der Waals surface area contributed by atoms with Crippen molar-refractivity contribution in [3.63, 3.8) is 0 Å². The molecule has 124 valence electrons. The molecule has 8 heteroatoms. The Morgan fingerprint density at radius 1 is 1.30 bits per heavy atom. The van der Waals surface area contributed by atoms with Gasteiger partial charge in [-0.2, -0.15) is 9.36 Å². The molecular formula is C15H19FN4O3. The molecule has 0 bridgehead atoms. The number of rotatable bonds is 3. The molecule has 7 nitrogen and oxygen atoms in total. The lowest BCUT2D eigenvalue weighted by molar-refractivity contribution is -0.0798. The third-order valence-corrected chi connectivity index (χ3v) is 3.71. The summed E-state index contributed by atoms with van der Waals surface area (Å²) in [6.07, 6.45) is -0.152. The molecule has 0 amide bonds. The molecular weight excluding hydrogens is 303 g/mol. The molecule has 2 heterocycles. The van der Waals surface area contributed by atoms with E-state index < -0.39 is 11.1 Å². The molecule has 3 rings (SSSR count). The van der Waals surface area contributed by atoms with Crippen LogP contribution in [0.25, 0.3) is 5.69 Å². The molecule has 1 aromatic carbocycles. The van der Waals surface area contributed by atoms with Crippen molar-refractivity contribution in [2.75, 3.05) is 13.2 Å². The predicted molar refractivity (Wildman–Crippen MR) is 80.5 cm³/mol. The van der Waals surface area contributed by atoms with Gasteiger partial charge in [0, 0.05) is 13.1 Å². The van der Waals surface area contributed by atoms with Gasteiger partial charge >= 0.3 is 5.69 Å². The van der Waals surface area contributed by atoms with Crippen molar-refractivity contribution in [2.24, 2.45) is 7.05 Å². The van der Waals surface area contributed by atoms with Crippen LogP contribution in [0.3, 0.4) is 0 Å². The summed E-state index contributed by atoms with van der Waals surface area (Å²) in [5.74, 6) is -0.125. The van der Waals surface area contributed by atoms with E-state index in [0.717, 1.165) is 9.36 Å². The van der Waals surface area contributed by atoms with E-state index in [1.165, 1.54) is 13.1 Å². The zero-order chi connectivity index (χ0) is 16.8. The van der Waals surface area contributed by atoms with E-state index in [-0.39, 0.29) is 17.7 Å². The van der Waals surface area contributed by atoms with Gasteiger partial charge < -0.3 is 9.47 Å². The van der Waals surface area contributed by atoms with Crippen molar-refractivity contribution in [3.8, 4) is 11.4 Å². The molecule has 0 spiro atoms. The van der Waals surface area contributed by atoms with Gasteiger partial charge in [-0.15, -0.1) is 0 Å². The van der Waals surface area contributed by atoms with Gasteiger partial charge in [0.25, 0.3) is 0 Å². The highest BCUT2D eigenvalue weighted by atomic mass is 19.1. The van der Waals surface area contributed by atoms with E-state index in [1.807, 2.05) is 20.8 Å². The largest absolute Gasteiger partial charge is 0.483 e. The Kier molecular flexibility index (Phi) is 3.71. The maximum Gasteiger partial charge on any atom is 0.368 e. The number of halogens is 1. The second-order valence-electron chi connectivity index (χ2n) is 6.62. The average molecular weight is 322 g/mol. The van der Waals surface area contributed by atoms with Crippen LogP contribution in [0.2, 0.25) is 0 Å². The molecule has 1 saturated heterocycles. The highest BCUT2D eigenvalue weighted by Gasteiger charge is 2.27. The number of hydrogen-bond donors (Lipinski definition) is 0. The number of benzene rings is 1. The lowest BCUT2D eigenvalue weighted by atomic mass is 9.86. The Bertz CT molecular complexity index is 787. The molecule has 1 aliphatic heterocycles. The van der Waals surface area contributed by atoms with Gasteiger partial charge in [0.15, 0.2) is 0 Å². The minimum atomic E-state index is -0.428. The fraction of sp³-hybridized carbons (Fsp3) is 0.533. The van der Waals surface area contributed by atoms with Crippen molar-refractivity contribution >= 4 is 0 Å². The van der Waals surface area contributed by atoms with E-state index in [9.17, 15) is 9.18 Å². The Morgan fingerprint density at radius 3 is 2.48 bits per heavy atom. The SMILES string of the molecule is Cn1nnn(-c2cc(C(C)(C)C)c(F)cc2OC2COC2)c1=O. The first-order valence-electron chi connectivity index (χ1n) is 7.35. The number of nitrogens with zero attached hydrogens (tertiary/aromatic N) is 4. The van der Waals surface area contributed by atoms with Crippen LogP contribution in [-0.4, -0.2) is 39.1 Å². The molecule has 0 aliphatic carbocycles. The molecule has 1 aromatic heterocycles. The molecule has 0 saturated carbocycles. The number of tetrazole rings is 1. The van der Waals surface area contributed by atoms with Crippen LogP contribution in [0.5, 0.6) is 5.75 Å². The quantitative estimate of drug-likeness (QED) is 0.848. The van der Waals surface area contributed by atoms with Crippen LogP contribution in [0.4, 0.5) is 4.39 Å². The lowest BCUT2D eigenvalue weighted by Crippen LogP contribution is -2.39. The fourth-order valence-corrected chi connectivity index (χ4v) is 2.30. The Balaban J connectivity index is 2.16. The average Bonchev–Trinajstić information content (AvgIpc) is 2.73. The van der Waals surface area contributed by atoms with Crippen LogP contribution < -0.4 is 10.4 Å². The van der Waals surface area contributed by atoms with E-state index >= 15 is 0 Å². The van der Waals surface area contributed by atoms with Crippen LogP contribution in [0.15, 0.2) is 16.9 Å². The number of hydrogen-bond acceptors (Lipinski definition) is 5. The summed E-state index contributed by atoms with van der Waals surface area (Å²) < 4.78 is 27.5. The Hall–Kier alpha value is -2.22. The summed E-state index contributed by atoms with van der Waals surface area (Å²) in [7, 11) is 1.50.